The van der Waals surface area contributed by atoms with Crippen LogP contribution in [0.25, 0.3) is 0 Å². The third kappa shape index (κ3) is 2.84. The second-order valence-electron chi connectivity index (χ2n) is 5.99. The van der Waals surface area contributed by atoms with Crippen LogP contribution in [0.5, 0.6) is 0 Å². The molecule has 0 amide bonds. The third-order valence-corrected chi connectivity index (χ3v) is 6.37. The van der Waals surface area contributed by atoms with Crippen LogP contribution < -0.4 is 10.6 Å². The fraction of sp³-hybridized carbons (Fsp3) is 0.571. The van der Waals surface area contributed by atoms with E-state index in [9.17, 15) is 17.2 Å². The molecule has 0 aliphatic carbocycles. The summed E-state index contributed by atoms with van der Waals surface area (Å²) in [5, 5.41) is 0. The molecule has 2 heterocycles. The van der Waals surface area contributed by atoms with Crippen LogP contribution in [0, 0.1) is 23.5 Å². The third-order valence-electron chi connectivity index (χ3n) is 4.50. The Morgan fingerprint density at radius 1 is 1.05 bits per heavy atom. The quantitative estimate of drug-likeness (QED) is 0.845. The molecule has 116 valence electrons. The van der Waals surface area contributed by atoms with Crippen LogP contribution >= 0.6 is 0 Å². The maximum Gasteiger partial charge on any atom is 0.151 e. The lowest BCUT2D eigenvalue weighted by molar-refractivity contribution is 0.295. The van der Waals surface area contributed by atoms with Gasteiger partial charge in [0, 0.05) is 18.8 Å². The van der Waals surface area contributed by atoms with Crippen LogP contribution in [0.3, 0.4) is 0 Å². The van der Waals surface area contributed by atoms with Crippen molar-refractivity contribution in [2.75, 3.05) is 35.2 Å². The Morgan fingerprint density at radius 3 is 2.05 bits per heavy atom. The summed E-state index contributed by atoms with van der Waals surface area (Å²) in [4.78, 5) is 1.69. The van der Waals surface area contributed by atoms with Crippen LogP contribution in [-0.4, -0.2) is 33.0 Å². The van der Waals surface area contributed by atoms with Crippen molar-refractivity contribution < 1.29 is 17.2 Å². The number of rotatable bonds is 2. The standard InChI is InChI=1S/C14H18F2N2O2S/c15-12-5-11(17)6-13(16)14(12)18-3-1-9(2-4-18)10-7-21(19,20)8-10/h5-6,9-10H,1-4,7-8,17H2. The fourth-order valence-corrected chi connectivity index (χ4v) is 5.11. The summed E-state index contributed by atoms with van der Waals surface area (Å²) in [6.45, 7) is 1.08. The summed E-state index contributed by atoms with van der Waals surface area (Å²) in [6, 6.07) is 2.26. The molecule has 0 aromatic heterocycles. The first-order chi connectivity index (χ1) is 9.85. The smallest absolute Gasteiger partial charge is 0.151 e. The molecular weight excluding hydrogens is 298 g/mol. The molecular formula is C14H18F2N2O2S. The maximum atomic E-state index is 13.9. The lowest BCUT2D eigenvalue weighted by Crippen LogP contribution is -2.46. The zero-order chi connectivity index (χ0) is 15.2. The first-order valence-corrected chi connectivity index (χ1v) is 8.88. The Labute approximate surface area is 122 Å². The molecule has 3 rings (SSSR count). The van der Waals surface area contributed by atoms with E-state index in [0.717, 1.165) is 25.0 Å². The van der Waals surface area contributed by atoms with Crippen LogP contribution in [0.4, 0.5) is 20.2 Å². The fourth-order valence-electron chi connectivity index (χ4n) is 3.36. The van der Waals surface area contributed by atoms with Crippen molar-refractivity contribution in [3.63, 3.8) is 0 Å². The molecule has 0 spiro atoms. The van der Waals surface area contributed by atoms with Crippen molar-refractivity contribution in [3.05, 3.63) is 23.8 Å². The highest BCUT2D eigenvalue weighted by Gasteiger charge is 2.40. The van der Waals surface area contributed by atoms with Crippen LogP contribution in [0.15, 0.2) is 12.1 Å². The van der Waals surface area contributed by atoms with Crippen LogP contribution in [-0.2, 0) is 9.84 Å². The predicted molar refractivity (Wildman–Crippen MR) is 77.9 cm³/mol. The number of nitrogens with two attached hydrogens (primary N) is 1. The van der Waals surface area contributed by atoms with Crippen molar-refractivity contribution >= 4 is 21.2 Å². The lowest BCUT2D eigenvalue weighted by atomic mass is 9.86. The minimum absolute atomic E-state index is 0.0242. The van der Waals surface area contributed by atoms with Crippen molar-refractivity contribution in [1.82, 2.24) is 0 Å². The minimum atomic E-state index is -2.81. The molecule has 2 N–H and O–H groups in total. The van der Waals surface area contributed by atoms with Crippen molar-refractivity contribution in [1.29, 1.82) is 0 Å². The van der Waals surface area contributed by atoms with Gasteiger partial charge in [-0.05, 0) is 36.8 Å². The van der Waals surface area contributed by atoms with E-state index in [2.05, 4.69) is 0 Å². The van der Waals surface area contributed by atoms with E-state index in [4.69, 9.17) is 5.73 Å². The molecule has 21 heavy (non-hydrogen) atoms. The molecule has 0 bridgehead atoms. The summed E-state index contributed by atoms with van der Waals surface area (Å²) in [6.07, 6.45) is 1.53. The van der Waals surface area contributed by atoms with Crippen LogP contribution in [0.1, 0.15) is 12.8 Å². The molecule has 0 unspecified atom stereocenters. The minimum Gasteiger partial charge on any atom is -0.399 e. The van der Waals surface area contributed by atoms with E-state index in [-0.39, 0.29) is 28.8 Å². The molecule has 0 saturated carbocycles. The Balaban J connectivity index is 1.66. The van der Waals surface area contributed by atoms with Crippen molar-refractivity contribution in [2.24, 2.45) is 11.8 Å². The topological polar surface area (TPSA) is 63.4 Å². The number of hydrogen-bond acceptors (Lipinski definition) is 4. The Morgan fingerprint density at radius 2 is 1.57 bits per heavy atom. The van der Waals surface area contributed by atoms with E-state index in [1.165, 1.54) is 0 Å². The number of benzene rings is 1. The average Bonchev–Trinajstić information content (AvgIpc) is 2.35. The van der Waals surface area contributed by atoms with Gasteiger partial charge in [0.25, 0.3) is 0 Å². The molecule has 2 saturated heterocycles. The molecule has 1 aromatic carbocycles. The van der Waals surface area contributed by atoms with Gasteiger partial charge in [-0.25, -0.2) is 17.2 Å². The molecule has 0 radical (unpaired) electrons. The molecule has 2 aliphatic heterocycles. The normalized spacial score (nSPS) is 23.0. The zero-order valence-electron chi connectivity index (χ0n) is 11.6. The summed E-state index contributed by atoms with van der Waals surface area (Å²) in [5.41, 5.74) is 5.46. The van der Waals surface area contributed by atoms with Gasteiger partial charge in [0.1, 0.15) is 5.69 Å². The summed E-state index contributed by atoms with van der Waals surface area (Å²) in [5.74, 6) is -0.192. The van der Waals surface area contributed by atoms with Gasteiger partial charge in [-0.15, -0.1) is 0 Å². The summed E-state index contributed by atoms with van der Waals surface area (Å²) >= 11 is 0. The lowest BCUT2D eigenvalue weighted by Gasteiger charge is -2.40. The predicted octanol–water partition coefficient (Wildman–Crippen LogP) is 1.81. The summed E-state index contributed by atoms with van der Waals surface area (Å²) in [7, 11) is -2.81. The van der Waals surface area contributed by atoms with E-state index in [0.29, 0.717) is 19.0 Å². The van der Waals surface area contributed by atoms with Crippen LogP contribution in [0.2, 0.25) is 0 Å². The Hall–Kier alpha value is -1.37. The van der Waals surface area contributed by atoms with Gasteiger partial charge in [0.05, 0.1) is 11.5 Å². The van der Waals surface area contributed by atoms with Gasteiger partial charge >= 0.3 is 0 Å². The summed E-state index contributed by atoms with van der Waals surface area (Å²) < 4.78 is 50.2. The maximum absolute atomic E-state index is 13.9. The average molecular weight is 316 g/mol. The molecule has 7 heteroatoms. The van der Waals surface area contributed by atoms with Crippen molar-refractivity contribution in [2.45, 2.75) is 12.8 Å². The number of nitrogen functional groups attached to an aromatic ring is 1. The second-order valence-corrected chi connectivity index (χ2v) is 8.15. The highest BCUT2D eigenvalue weighted by molar-refractivity contribution is 7.92. The zero-order valence-corrected chi connectivity index (χ0v) is 12.4. The number of anilines is 2. The SMILES string of the molecule is Nc1cc(F)c(N2CCC(C3CS(=O)(=O)C3)CC2)c(F)c1. The molecule has 4 nitrogen and oxygen atoms in total. The van der Waals surface area contributed by atoms with Gasteiger partial charge in [0.15, 0.2) is 21.5 Å². The molecule has 1 aromatic rings. The Bertz CT molecular complexity index is 620. The van der Waals surface area contributed by atoms with Gasteiger partial charge < -0.3 is 10.6 Å². The number of sulfone groups is 1. The number of nitrogens with zero attached hydrogens (tertiary/aromatic N) is 1. The van der Waals surface area contributed by atoms with Gasteiger partial charge in [-0.2, -0.15) is 0 Å². The van der Waals surface area contributed by atoms with Gasteiger partial charge in [-0.1, -0.05) is 0 Å². The molecule has 2 aliphatic rings. The first-order valence-electron chi connectivity index (χ1n) is 7.05. The second kappa shape index (κ2) is 5.12. The highest BCUT2D eigenvalue weighted by atomic mass is 32.2. The first kappa shape index (κ1) is 14.6. The van der Waals surface area contributed by atoms with E-state index in [1.807, 2.05) is 0 Å². The largest absolute Gasteiger partial charge is 0.399 e. The monoisotopic (exact) mass is 316 g/mol. The van der Waals surface area contributed by atoms with Crippen molar-refractivity contribution in [3.8, 4) is 0 Å². The van der Waals surface area contributed by atoms with Gasteiger partial charge in [0.2, 0.25) is 0 Å². The molecule has 0 atom stereocenters. The number of hydrogen-bond donors (Lipinski definition) is 1. The van der Waals surface area contributed by atoms with E-state index >= 15 is 0 Å². The number of piperidine rings is 1. The number of halogens is 2. The van der Waals surface area contributed by atoms with E-state index < -0.39 is 21.5 Å². The highest BCUT2D eigenvalue weighted by Crippen LogP contribution is 2.36. The van der Waals surface area contributed by atoms with Gasteiger partial charge in [-0.3, -0.25) is 0 Å². The Kier molecular flexibility index (Phi) is 3.55. The molecule has 2 fully saturated rings. The van der Waals surface area contributed by atoms with E-state index in [1.54, 1.807) is 4.90 Å².